The highest BCUT2D eigenvalue weighted by molar-refractivity contribution is 5.97. The molecule has 0 radical (unpaired) electrons. The maximum absolute atomic E-state index is 13.0. The van der Waals surface area contributed by atoms with Crippen LogP contribution < -0.4 is 10.5 Å². The number of ether oxygens (including phenoxy) is 3. The summed E-state index contributed by atoms with van der Waals surface area (Å²) in [6, 6.07) is 6.77. The molecule has 1 aliphatic carbocycles. The Morgan fingerprint density at radius 1 is 1.00 bits per heavy atom. The number of ketones is 2. The highest BCUT2D eigenvalue weighted by atomic mass is 16.5. The number of aliphatic hydroxyl groups is 3. The van der Waals surface area contributed by atoms with Crippen LogP contribution in [0.1, 0.15) is 36.0 Å². The maximum Gasteiger partial charge on any atom is 0.336 e. The van der Waals surface area contributed by atoms with Crippen molar-refractivity contribution in [3.8, 4) is 23.0 Å². The number of hydrogen-bond donors (Lipinski definition) is 8. The molecule has 1 saturated heterocycles. The molecule has 248 valence electrons. The van der Waals surface area contributed by atoms with Gasteiger partial charge in [0.1, 0.15) is 25.4 Å². The van der Waals surface area contributed by atoms with Crippen molar-refractivity contribution in [1.82, 2.24) is 0 Å². The highest BCUT2D eigenvalue weighted by Crippen LogP contribution is 2.45. The average Bonchev–Trinajstić information content (AvgIpc) is 3.04. The average molecular weight is 644 g/mol. The van der Waals surface area contributed by atoms with Crippen molar-refractivity contribution in [1.29, 1.82) is 0 Å². The van der Waals surface area contributed by atoms with Crippen molar-refractivity contribution in [3.05, 3.63) is 59.2 Å². The van der Waals surface area contributed by atoms with E-state index in [1.54, 1.807) is 6.07 Å². The maximum atomic E-state index is 13.0. The van der Waals surface area contributed by atoms with E-state index in [0.717, 1.165) is 24.3 Å². The molecule has 0 bridgehead atoms. The molecule has 0 amide bonds. The van der Waals surface area contributed by atoms with E-state index in [1.165, 1.54) is 24.3 Å². The summed E-state index contributed by atoms with van der Waals surface area (Å²) in [6.45, 7) is -0.701. The van der Waals surface area contributed by atoms with Gasteiger partial charge in [-0.1, -0.05) is 18.2 Å². The Morgan fingerprint density at radius 3 is 2.41 bits per heavy atom. The number of hydrogen-bond acceptors (Lipinski definition) is 13. The zero-order chi connectivity index (χ0) is 33.6. The third kappa shape index (κ3) is 7.55. The minimum absolute atomic E-state index is 0.0293. The normalized spacial score (nSPS) is 26.2. The number of rotatable bonds is 13. The topological polar surface area (TPSA) is 247 Å². The number of aromatic hydroxyl groups is 3. The first-order valence-corrected chi connectivity index (χ1v) is 14.5. The fourth-order valence-electron chi connectivity index (χ4n) is 5.72. The summed E-state index contributed by atoms with van der Waals surface area (Å²) < 4.78 is 16.9. The van der Waals surface area contributed by atoms with Crippen molar-refractivity contribution in [2.24, 2.45) is 11.7 Å². The molecule has 2 fully saturated rings. The van der Waals surface area contributed by atoms with Gasteiger partial charge >= 0.3 is 5.97 Å². The van der Waals surface area contributed by atoms with Gasteiger partial charge in [-0.15, -0.1) is 0 Å². The summed E-state index contributed by atoms with van der Waals surface area (Å²) in [5, 5.41) is 70.7. The lowest BCUT2D eigenvalue weighted by molar-refractivity contribution is -0.250. The third-order valence-electron chi connectivity index (χ3n) is 8.11. The van der Waals surface area contributed by atoms with Crippen molar-refractivity contribution in [2.45, 2.75) is 55.9 Å². The number of carboxylic acids is 1. The van der Waals surface area contributed by atoms with Gasteiger partial charge in [0.15, 0.2) is 40.2 Å². The number of fused-ring (bicyclic) bond motifs is 1. The quantitative estimate of drug-likeness (QED) is 0.110. The van der Waals surface area contributed by atoms with Crippen molar-refractivity contribution in [2.75, 3.05) is 19.8 Å². The number of benzene rings is 2. The van der Waals surface area contributed by atoms with Gasteiger partial charge in [0, 0.05) is 18.9 Å². The molecule has 6 atom stereocenters. The van der Waals surface area contributed by atoms with Gasteiger partial charge in [0.25, 0.3) is 0 Å². The Morgan fingerprint density at radius 2 is 1.74 bits per heavy atom. The van der Waals surface area contributed by atoms with Crippen LogP contribution in [0.15, 0.2) is 42.5 Å². The monoisotopic (exact) mass is 643 g/mol. The summed E-state index contributed by atoms with van der Waals surface area (Å²) in [5.74, 6) is -4.52. The van der Waals surface area contributed by atoms with E-state index in [1.807, 2.05) is 0 Å². The number of phenols is 3. The minimum Gasteiger partial charge on any atom is -0.504 e. The number of carbonyl (C=O) groups excluding carboxylic acids is 2. The fourth-order valence-corrected chi connectivity index (χ4v) is 5.72. The van der Waals surface area contributed by atoms with Gasteiger partial charge in [-0.3, -0.25) is 9.59 Å². The zero-order valence-corrected chi connectivity index (χ0v) is 24.7. The lowest BCUT2D eigenvalue weighted by Gasteiger charge is -2.51. The van der Waals surface area contributed by atoms with Gasteiger partial charge in [0.05, 0.1) is 18.8 Å². The predicted molar refractivity (Wildman–Crippen MR) is 161 cm³/mol. The zero-order valence-electron chi connectivity index (χ0n) is 24.7. The van der Waals surface area contributed by atoms with Crippen molar-refractivity contribution in [3.63, 3.8) is 0 Å². The molecule has 1 heterocycles. The number of aliphatic hydroxyl groups excluding tert-OH is 3. The fraction of sp³-hybridized carbons (Fsp3) is 0.406. The van der Waals surface area contributed by atoms with Crippen LogP contribution in [0.5, 0.6) is 23.0 Å². The second-order valence-electron chi connectivity index (χ2n) is 11.1. The van der Waals surface area contributed by atoms with Gasteiger partial charge in [-0.05, 0) is 65.9 Å². The Kier molecular flexibility index (Phi) is 11.2. The van der Waals surface area contributed by atoms with E-state index in [-0.39, 0.29) is 48.6 Å². The lowest BCUT2D eigenvalue weighted by atomic mass is 9.67. The van der Waals surface area contributed by atoms with Crippen molar-refractivity contribution < 1.29 is 64.3 Å². The molecule has 14 heteroatoms. The standard InChI is InChI=1S/C32H37NO13/c33-9-10-44-27-7-2-17(11-25(27)39)1-4-20(35)16-45-32(31(42)43)14-26(40)29(41)30-21(32)5-8-28(46-30)22(36)6-3-18-12-23(37)24(38)13-19(18)15-34/h1-4,6-7,11-13,21,26,28-30,34,37-41H,5,8-10,14-16,33H2,(H,42,43)/b4-1+,6-3+/t21-,26-,28+,29-,30-,32+/m1/s1. The van der Waals surface area contributed by atoms with Gasteiger partial charge in [-0.25, -0.2) is 4.79 Å². The molecule has 2 aromatic carbocycles. The summed E-state index contributed by atoms with van der Waals surface area (Å²) in [4.78, 5) is 38.3. The van der Waals surface area contributed by atoms with Crippen LogP contribution in [0.4, 0.5) is 0 Å². The number of nitrogens with two attached hydrogens (primary N) is 1. The van der Waals surface area contributed by atoms with Crippen LogP contribution in [0.3, 0.4) is 0 Å². The van der Waals surface area contributed by atoms with E-state index in [9.17, 15) is 50.1 Å². The van der Waals surface area contributed by atoms with Gasteiger partial charge in [0.2, 0.25) is 0 Å². The third-order valence-corrected chi connectivity index (χ3v) is 8.11. The molecular weight excluding hydrogens is 606 g/mol. The van der Waals surface area contributed by atoms with Crippen LogP contribution in [-0.2, 0) is 30.5 Å². The van der Waals surface area contributed by atoms with Gasteiger partial charge < -0.3 is 55.7 Å². The van der Waals surface area contributed by atoms with E-state index < -0.39 is 84.6 Å². The van der Waals surface area contributed by atoms with Crippen LogP contribution in [-0.4, -0.2) is 103 Å². The summed E-state index contributed by atoms with van der Waals surface area (Å²) in [7, 11) is 0. The molecule has 4 rings (SSSR count). The molecule has 14 nitrogen and oxygen atoms in total. The minimum atomic E-state index is -2.11. The number of carboxylic acid groups (broad SMARTS) is 1. The van der Waals surface area contributed by atoms with E-state index in [4.69, 9.17) is 19.9 Å². The summed E-state index contributed by atoms with van der Waals surface area (Å²) >= 11 is 0. The molecular formula is C32H37NO13. The Balaban J connectivity index is 1.45. The molecule has 1 aliphatic heterocycles. The molecule has 2 aromatic rings. The second kappa shape index (κ2) is 14.9. The first-order valence-electron chi connectivity index (χ1n) is 14.5. The van der Waals surface area contributed by atoms with E-state index in [2.05, 4.69) is 0 Å². The molecule has 9 N–H and O–H groups in total. The van der Waals surface area contributed by atoms with E-state index in [0.29, 0.717) is 5.56 Å². The first-order chi connectivity index (χ1) is 21.9. The van der Waals surface area contributed by atoms with Crippen molar-refractivity contribution >= 4 is 29.7 Å². The molecule has 0 spiro atoms. The Bertz CT molecular complexity index is 1510. The van der Waals surface area contributed by atoms with Gasteiger partial charge in [-0.2, -0.15) is 0 Å². The largest absolute Gasteiger partial charge is 0.504 e. The highest BCUT2D eigenvalue weighted by Gasteiger charge is 2.60. The van der Waals surface area contributed by atoms with Crippen LogP contribution >= 0.6 is 0 Å². The van der Waals surface area contributed by atoms with Crippen LogP contribution in [0, 0.1) is 5.92 Å². The molecule has 0 unspecified atom stereocenters. The Hall–Kier alpha value is -4.31. The summed E-state index contributed by atoms with van der Waals surface area (Å²) in [6.07, 6.45) is -1.09. The molecule has 1 saturated carbocycles. The van der Waals surface area contributed by atoms with E-state index >= 15 is 0 Å². The van der Waals surface area contributed by atoms with Crippen LogP contribution in [0.25, 0.3) is 12.2 Å². The lowest BCUT2D eigenvalue weighted by Crippen LogP contribution is -2.66. The number of aliphatic carboxylic acids is 1. The predicted octanol–water partition coefficient (Wildman–Crippen LogP) is 0.627. The number of phenolic OH excluding ortho intramolecular Hbond substituents is 3. The SMILES string of the molecule is NCCOc1ccc(/C=C/C(=O)CO[C@@]2(C(=O)O)C[C@@H](O)[C@@H](O)[C@@H]3O[C@H](C(=O)/C=C/c4cc(O)c(O)cc4CO)CC[C@H]32)cc1O. The summed E-state index contributed by atoms with van der Waals surface area (Å²) in [5.41, 5.74) is 4.23. The first kappa shape index (κ1) is 34.6. The number of carbonyl (C=O) groups is 3. The second-order valence-corrected chi connectivity index (χ2v) is 11.1. The smallest absolute Gasteiger partial charge is 0.336 e. The van der Waals surface area contributed by atoms with Crippen LogP contribution in [0.2, 0.25) is 0 Å². The Labute approximate surface area is 263 Å². The molecule has 2 aliphatic rings. The molecule has 0 aromatic heterocycles. The molecule has 46 heavy (non-hydrogen) atoms.